The molecule has 4 heterocycles. The highest BCUT2D eigenvalue weighted by Crippen LogP contribution is 2.42. The molecule has 0 bridgehead atoms. The van der Waals surface area contributed by atoms with Crippen LogP contribution < -0.4 is 0 Å². The molecule has 6 nitrogen and oxygen atoms in total. The quantitative estimate of drug-likeness (QED) is 0.176. The third-order valence-corrected chi connectivity index (χ3v) is 11.1. The Bertz CT molecular complexity index is 3470. The van der Waals surface area contributed by atoms with Crippen LogP contribution in [0.3, 0.4) is 0 Å². The molecule has 0 atom stereocenters. The van der Waals surface area contributed by atoms with Gasteiger partial charge >= 0.3 is 0 Å². The summed E-state index contributed by atoms with van der Waals surface area (Å²) in [4.78, 5) is 15.5. The molecule has 8 aromatic carbocycles. The Balaban J connectivity index is 1.06. The SMILES string of the molecule is c1ccc(-c2nc(-c3cccc4oc5cc(-c6cc(-c7ccccc7)c7oc8ccccc8c7c6)ccc5c34)nc(-n3c4ccccc4c4ccccc43)n2)cc1. The predicted molar refractivity (Wildman–Crippen MR) is 230 cm³/mol. The maximum absolute atomic E-state index is 6.67. The molecule has 0 saturated heterocycles. The molecule has 0 amide bonds. The average Bonchev–Trinajstić information content (AvgIpc) is 3.96. The smallest absolute Gasteiger partial charge is 0.238 e. The highest BCUT2D eigenvalue weighted by atomic mass is 16.3. The second kappa shape index (κ2) is 12.3. The minimum atomic E-state index is 0.555. The van der Waals surface area contributed by atoms with Crippen molar-refractivity contribution in [3.05, 3.63) is 182 Å². The number of fused-ring (bicyclic) bond motifs is 9. The normalized spacial score (nSPS) is 11.9. The minimum absolute atomic E-state index is 0.555. The molecule has 0 N–H and O–H groups in total. The van der Waals surface area contributed by atoms with Crippen molar-refractivity contribution in [2.45, 2.75) is 0 Å². The van der Waals surface area contributed by atoms with Gasteiger partial charge in [0, 0.05) is 49.0 Å². The summed E-state index contributed by atoms with van der Waals surface area (Å²) < 4.78 is 15.3. The first-order valence-electron chi connectivity index (χ1n) is 19.0. The van der Waals surface area contributed by atoms with Gasteiger partial charge in [-0.15, -0.1) is 0 Å². The van der Waals surface area contributed by atoms with Gasteiger partial charge in [0.1, 0.15) is 22.3 Å². The third-order valence-electron chi connectivity index (χ3n) is 11.1. The van der Waals surface area contributed by atoms with Gasteiger partial charge in [0.2, 0.25) is 5.95 Å². The van der Waals surface area contributed by atoms with Crippen LogP contribution in [0.1, 0.15) is 0 Å². The number of furan rings is 2. The maximum Gasteiger partial charge on any atom is 0.238 e. The lowest BCUT2D eigenvalue weighted by Gasteiger charge is -2.11. The molecule has 6 heteroatoms. The summed E-state index contributed by atoms with van der Waals surface area (Å²) in [6.07, 6.45) is 0. The van der Waals surface area contributed by atoms with E-state index in [0.717, 1.165) is 99.1 Å². The molecule has 12 aromatic rings. The first-order chi connectivity index (χ1) is 28.2. The summed E-state index contributed by atoms with van der Waals surface area (Å²) in [7, 11) is 0. The number of para-hydroxylation sites is 3. The largest absolute Gasteiger partial charge is 0.456 e. The Kier molecular flexibility index (Phi) is 6.83. The van der Waals surface area contributed by atoms with E-state index in [4.69, 9.17) is 23.8 Å². The Morgan fingerprint density at radius 2 is 1.00 bits per heavy atom. The van der Waals surface area contributed by atoms with Crippen molar-refractivity contribution < 1.29 is 8.83 Å². The van der Waals surface area contributed by atoms with Crippen molar-refractivity contribution in [2.75, 3.05) is 0 Å². The van der Waals surface area contributed by atoms with Crippen molar-refractivity contribution in [3.8, 4) is 51.0 Å². The number of nitrogens with zero attached hydrogens (tertiary/aromatic N) is 4. The van der Waals surface area contributed by atoms with Gasteiger partial charge < -0.3 is 8.83 Å². The van der Waals surface area contributed by atoms with Crippen LogP contribution in [0.25, 0.3) is 117 Å². The van der Waals surface area contributed by atoms with Gasteiger partial charge in [-0.1, -0.05) is 133 Å². The summed E-state index contributed by atoms with van der Waals surface area (Å²) in [5, 5.41) is 6.41. The lowest BCUT2D eigenvalue weighted by Crippen LogP contribution is -2.06. The van der Waals surface area contributed by atoms with Crippen molar-refractivity contribution in [1.82, 2.24) is 19.5 Å². The molecule has 4 aromatic heterocycles. The van der Waals surface area contributed by atoms with Crippen molar-refractivity contribution in [3.63, 3.8) is 0 Å². The molecule has 0 unspecified atom stereocenters. The van der Waals surface area contributed by atoms with Crippen LogP contribution in [0.5, 0.6) is 0 Å². The molecule has 0 aliphatic heterocycles. The number of aromatic nitrogens is 4. The lowest BCUT2D eigenvalue weighted by atomic mass is 9.95. The average molecular weight is 731 g/mol. The van der Waals surface area contributed by atoms with Crippen LogP contribution in [-0.2, 0) is 0 Å². The van der Waals surface area contributed by atoms with E-state index in [9.17, 15) is 0 Å². The third kappa shape index (κ3) is 4.94. The van der Waals surface area contributed by atoms with Crippen LogP contribution >= 0.6 is 0 Å². The van der Waals surface area contributed by atoms with Crippen LogP contribution in [0, 0.1) is 0 Å². The van der Waals surface area contributed by atoms with E-state index >= 15 is 0 Å². The zero-order valence-corrected chi connectivity index (χ0v) is 30.4. The Morgan fingerprint density at radius 1 is 0.351 bits per heavy atom. The first-order valence-corrected chi connectivity index (χ1v) is 19.0. The van der Waals surface area contributed by atoms with Gasteiger partial charge in [0.15, 0.2) is 11.6 Å². The van der Waals surface area contributed by atoms with Gasteiger partial charge in [-0.2, -0.15) is 9.97 Å². The van der Waals surface area contributed by atoms with E-state index in [2.05, 4.69) is 126 Å². The van der Waals surface area contributed by atoms with Crippen molar-refractivity contribution >= 4 is 65.7 Å². The second-order valence-electron chi connectivity index (χ2n) is 14.4. The standard InChI is InChI=1S/C51H30N4O2/c1-3-14-31(15-4-1)40-28-34(29-41-37-20-9-12-24-44(37)57-48(40)41)33-26-27-38-46(30-33)56-45-25-13-21-39(47(38)45)50-52-49(32-16-5-2-6-17-32)53-51(54-50)55-42-22-10-7-18-35(42)36-19-8-11-23-43(36)55/h1-30H. The van der Waals surface area contributed by atoms with E-state index in [-0.39, 0.29) is 0 Å². The Hall–Kier alpha value is -7.83. The fourth-order valence-corrected chi connectivity index (χ4v) is 8.46. The van der Waals surface area contributed by atoms with Crippen LogP contribution in [0.4, 0.5) is 0 Å². The van der Waals surface area contributed by atoms with E-state index < -0.39 is 0 Å². The first kappa shape index (κ1) is 31.5. The fourth-order valence-electron chi connectivity index (χ4n) is 8.46. The maximum atomic E-state index is 6.67. The van der Waals surface area contributed by atoms with Crippen LogP contribution in [-0.4, -0.2) is 19.5 Å². The van der Waals surface area contributed by atoms with Gasteiger partial charge in [0.25, 0.3) is 0 Å². The van der Waals surface area contributed by atoms with Gasteiger partial charge in [0.05, 0.1) is 11.0 Å². The van der Waals surface area contributed by atoms with Crippen molar-refractivity contribution in [1.29, 1.82) is 0 Å². The summed E-state index contributed by atoms with van der Waals surface area (Å²) in [6.45, 7) is 0. The van der Waals surface area contributed by atoms with Crippen molar-refractivity contribution in [2.24, 2.45) is 0 Å². The van der Waals surface area contributed by atoms with Gasteiger partial charge in [-0.05, 0) is 65.2 Å². The molecule has 0 saturated carbocycles. The lowest BCUT2D eigenvalue weighted by molar-refractivity contribution is 0.669. The summed E-state index contributed by atoms with van der Waals surface area (Å²) >= 11 is 0. The van der Waals surface area contributed by atoms with E-state index in [1.807, 2.05) is 60.7 Å². The van der Waals surface area contributed by atoms with E-state index in [1.54, 1.807) is 0 Å². The van der Waals surface area contributed by atoms with Crippen LogP contribution in [0.15, 0.2) is 191 Å². The topological polar surface area (TPSA) is 69.9 Å². The minimum Gasteiger partial charge on any atom is -0.456 e. The molecule has 0 aliphatic carbocycles. The molecular weight excluding hydrogens is 701 g/mol. The van der Waals surface area contributed by atoms with Gasteiger partial charge in [-0.3, -0.25) is 4.57 Å². The van der Waals surface area contributed by atoms with Gasteiger partial charge in [-0.25, -0.2) is 4.98 Å². The number of hydrogen-bond acceptors (Lipinski definition) is 5. The monoisotopic (exact) mass is 730 g/mol. The summed E-state index contributed by atoms with van der Waals surface area (Å²) in [5.41, 5.74) is 11.4. The number of hydrogen-bond donors (Lipinski definition) is 0. The highest BCUT2D eigenvalue weighted by Gasteiger charge is 2.21. The summed E-state index contributed by atoms with van der Waals surface area (Å²) in [5.74, 6) is 1.73. The predicted octanol–water partition coefficient (Wildman–Crippen LogP) is 13.4. The molecule has 266 valence electrons. The zero-order valence-electron chi connectivity index (χ0n) is 30.4. The Labute approximate surface area is 325 Å². The molecule has 0 spiro atoms. The zero-order chi connectivity index (χ0) is 37.5. The number of benzene rings is 8. The van der Waals surface area contributed by atoms with E-state index in [1.165, 1.54) is 0 Å². The summed E-state index contributed by atoms with van der Waals surface area (Å²) in [6, 6.07) is 62.6. The molecule has 0 fully saturated rings. The fraction of sp³-hybridized carbons (Fsp3) is 0. The molecule has 0 aliphatic rings. The Morgan fingerprint density at radius 3 is 1.77 bits per heavy atom. The highest BCUT2D eigenvalue weighted by molar-refractivity contribution is 6.14. The number of rotatable bonds is 5. The second-order valence-corrected chi connectivity index (χ2v) is 14.4. The van der Waals surface area contributed by atoms with Crippen LogP contribution in [0.2, 0.25) is 0 Å². The molecule has 57 heavy (non-hydrogen) atoms. The molecule has 0 radical (unpaired) electrons. The molecular formula is C51H30N4O2. The molecule has 12 rings (SSSR count). The van der Waals surface area contributed by atoms with E-state index in [0.29, 0.717) is 17.6 Å².